The second-order valence-electron chi connectivity index (χ2n) is 7.24. The molecule has 0 N–H and O–H groups in total. The van der Waals surface area contributed by atoms with Crippen molar-refractivity contribution in [1.29, 1.82) is 0 Å². The molecule has 1 fully saturated rings. The van der Waals surface area contributed by atoms with Crippen molar-refractivity contribution in [2.45, 2.75) is 39.1 Å². The highest BCUT2D eigenvalue weighted by molar-refractivity contribution is 9.10. The molecule has 0 spiro atoms. The fraction of sp³-hybridized carbons (Fsp3) is 0.667. The van der Waals surface area contributed by atoms with E-state index in [0.717, 1.165) is 10.9 Å². The number of hydrogen-bond acceptors (Lipinski definition) is 6. The molecule has 1 aromatic rings. The maximum absolute atomic E-state index is 12.2. The fourth-order valence-electron chi connectivity index (χ4n) is 2.74. The molecule has 0 radical (unpaired) electrons. The Bertz CT molecular complexity index is 616. The molecular weight excluding hydrogens is 404 g/mol. The summed E-state index contributed by atoms with van der Waals surface area (Å²) in [6.45, 7) is 7.33. The first-order valence-corrected chi connectivity index (χ1v) is 9.34. The molecule has 1 aromatic heterocycles. The van der Waals surface area contributed by atoms with Gasteiger partial charge in [-0.2, -0.15) is 0 Å². The Hall–Kier alpha value is -1.38. The summed E-state index contributed by atoms with van der Waals surface area (Å²) in [6.07, 6.45) is 1.70. The first kappa shape index (κ1) is 20.9. The van der Waals surface area contributed by atoms with Crippen molar-refractivity contribution in [3.63, 3.8) is 0 Å². The number of nitrogens with zero attached hydrogens (tertiary/aromatic N) is 2. The van der Waals surface area contributed by atoms with Crippen LogP contribution < -0.4 is 4.74 Å². The molecule has 1 saturated heterocycles. The molecule has 2 heterocycles. The predicted molar refractivity (Wildman–Crippen MR) is 100 cm³/mol. The number of methoxy groups -OCH3 is 2. The zero-order valence-corrected chi connectivity index (χ0v) is 17.5. The van der Waals surface area contributed by atoms with Gasteiger partial charge in [-0.15, -0.1) is 0 Å². The first-order valence-electron chi connectivity index (χ1n) is 8.55. The third-order valence-electron chi connectivity index (χ3n) is 3.92. The van der Waals surface area contributed by atoms with Crippen LogP contribution in [0.25, 0.3) is 0 Å². The third kappa shape index (κ3) is 5.82. The molecule has 0 saturated carbocycles. The highest BCUT2D eigenvalue weighted by atomic mass is 79.9. The van der Waals surface area contributed by atoms with Gasteiger partial charge in [0.2, 0.25) is 5.88 Å². The van der Waals surface area contributed by atoms with E-state index in [1.807, 2.05) is 26.8 Å². The largest absolute Gasteiger partial charge is 0.477 e. The number of carbonyl (C=O) groups is 1. The second kappa shape index (κ2) is 9.01. The normalized spacial score (nSPS) is 17.7. The van der Waals surface area contributed by atoms with Crippen LogP contribution in [0.4, 0.5) is 4.79 Å². The maximum Gasteiger partial charge on any atom is 0.410 e. The summed E-state index contributed by atoms with van der Waals surface area (Å²) in [4.78, 5) is 18.2. The Balaban J connectivity index is 1.95. The molecular formula is C18H27BrN2O5. The van der Waals surface area contributed by atoms with Gasteiger partial charge in [-0.3, -0.25) is 0 Å². The number of amides is 1. The second-order valence-corrected chi connectivity index (χ2v) is 8.16. The smallest absolute Gasteiger partial charge is 0.410 e. The minimum atomic E-state index is -0.558. The number of halogens is 1. The molecule has 7 nitrogen and oxygen atoms in total. The van der Waals surface area contributed by atoms with E-state index in [2.05, 4.69) is 20.9 Å². The van der Waals surface area contributed by atoms with Crippen molar-refractivity contribution in [3.05, 3.63) is 22.3 Å². The number of ether oxygens (including phenoxy) is 4. The van der Waals surface area contributed by atoms with Crippen LogP contribution in [0, 0.1) is 5.92 Å². The van der Waals surface area contributed by atoms with E-state index >= 15 is 0 Å². The van der Waals surface area contributed by atoms with E-state index in [0.29, 0.717) is 31.1 Å². The highest BCUT2D eigenvalue weighted by Gasteiger charge is 2.30. The third-order valence-corrected chi connectivity index (χ3v) is 4.35. The number of rotatable bonds is 6. The van der Waals surface area contributed by atoms with Crippen LogP contribution in [0.2, 0.25) is 0 Å². The van der Waals surface area contributed by atoms with Crippen LogP contribution in [0.15, 0.2) is 16.7 Å². The molecule has 0 aliphatic carbocycles. The van der Waals surface area contributed by atoms with Crippen LogP contribution in [0.5, 0.6) is 5.88 Å². The average Bonchev–Trinajstić information content (AvgIpc) is 3.03. The molecule has 0 aromatic carbocycles. The summed E-state index contributed by atoms with van der Waals surface area (Å²) >= 11 is 3.40. The van der Waals surface area contributed by atoms with Crippen molar-refractivity contribution in [3.8, 4) is 5.88 Å². The van der Waals surface area contributed by atoms with Crippen LogP contribution in [0.3, 0.4) is 0 Å². The summed E-state index contributed by atoms with van der Waals surface area (Å²) in [5.41, 5.74) is 0.225. The topological polar surface area (TPSA) is 70.1 Å². The number of hydrogen-bond donors (Lipinski definition) is 0. The molecule has 26 heavy (non-hydrogen) atoms. The van der Waals surface area contributed by atoms with Gasteiger partial charge in [-0.25, -0.2) is 9.78 Å². The lowest BCUT2D eigenvalue weighted by molar-refractivity contribution is -0.107. The van der Waals surface area contributed by atoms with Crippen molar-refractivity contribution < 1.29 is 23.7 Å². The van der Waals surface area contributed by atoms with E-state index in [4.69, 9.17) is 18.9 Å². The van der Waals surface area contributed by atoms with Crippen LogP contribution in [0.1, 0.15) is 39.0 Å². The first-order chi connectivity index (χ1) is 12.2. The molecule has 8 heteroatoms. The lowest BCUT2D eigenvalue weighted by atomic mass is 10.1. The van der Waals surface area contributed by atoms with Gasteiger partial charge >= 0.3 is 6.09 Å². The van der Waals surface area contributed by atoms with Gasteiger partial charge in [0.05, 0.1) is 12.2 Å². The van der Waals surface area contributed by atoms with E-state index in [-0.39, 0.29) is 12.0 Å². The van der Waals surface area contributed by atoms with Gasteiger partial charge in [0.15, 0.2) is 6.29 Å². The Morgan fingerprint density at radius 2 is 2.08 bits per heavy atom. The summed E-state index contributed by atoms with van der Waals surface area (Å²) in [6, 6.07) is 1.86. The standard InChI is InChI=1S/C18H27BrN2O5/c1-18(2,3)26-17(22)21-7-6-12(10-21)11-25-15-14(16(23-4)24-5)8-13(19)9-20-15/h8-9,12,16H,6-7,10-11H2,1-5H3/t12-/m1/s1. The zero-order chi connectivity index (χ0) is 19.3. The van der Waals surface area contributed by atoms with Crippen molar-refractivity contribution in [2.75, 3.05) is 33.9 Å². The van der Waals surface area contributed by atoms with E-state index in [9.17, 15) is 4.79 Å². The minimum absolute atomic E-state index is 0.226. The van der Waals surface area contributed by atoms with Gasteiger partial charge in [0.1, 0.15) is 5.60 Å². The number of aromatic nitrogens is 1. The quantitative estimate of drug-likeness (QED) is 0.639. The van der Waals surface area contributed by atoms with Crippen LogP contribution in [-0.2, 0) is 14.2 Å². The lowest BCUT2D eigenvalue weighted by Gasteiger charge is -2.24. The fourth-order valence-corrected chi connectivity index (χ4v) is 3.09. The summed E-state index contributed by atoms with van der Waals surface area (Å²) in [5.74, 6) is 0.696. The Labute approximate surface area is 163 Å². The Kier molecular flexibility index (Phi) is 7.25. The molecule has 1 aliphatic rings. The zero-order valence-electron chi connectivity index (χ0n) is 16.0. The maximum atomic E-state index is 12.2. The van der Waals surface area contributed by atoms with Crippen molar-refractivity contribution in [2.24, 2.45) is 5.92 Å². The lowest BCUT2D eigenvalue weighted by Crippen LogP contribution is -2.35. The number of likely N-dealkylation sites (tertiary alicyclic amines) is 1. The summed E-state index contributed by atoms with van der Waals surface area (Å²) < 4.78 is 22.8. The van der Waals surface area contributed by atoms with Gasteiger partial charge in [-0.05, 0) is 49.2 Å². The van der Waals surface area contributed by atoms with E-state index < -0.39 is 11.9 Å². The molecule has 1 aliphatic heterocycles. The monoisotopic (exact) mass is 430 g/mol. The van der Waals surface area contributed by atoms with E-state index in [1.54, 1.807) is 25.3 Å². The van der Waals surface area contributed by atoms with Gasteiger partial charge in [-0.1, -0.05) is 0 Å². The van der Waals surface area contributed by atoms with Crippen LogP contribution >= 0.6 is 15.9 Å². The van der Waals surface area contributed by atoms with Crippen LogP contribution in [-0.4, -0.2) is 55.5 Å². The molecule has 0 bridgehead atoms. The summed E-state index contributed by atoms with van der Waals surface area (Å²) in [5, 5.41) is 0. The van der Waals surface area contributed by atoms with Crippen molar-refractivity contribution in [1.82, 2.24) is 9.88 Å². The minimum Gasteiger partial charge on any atom is -0.477 e. The van der Waals surface area contributed by atoms with Gasteiger partial charge < -0.3 is 23.8 Å². The summed E-state index contributed by atoms with van der Waals surface area (Å²) in [7, 11) is 3.13. The predicted octanol–water partition coefficient (Wildman–Crippen LogP) is 3.77. The molecule has 146 valence electrons. The molecule has 2 rings (SSSR count). The molecule has 1 atom stereocenters. The van der Waals surface area contributed by atoms with Gasteiger partial charge in [0, 0.05) is 43.9 Å². The van der Waals surface area contributed by atoms with Gasteiger partial charge in [0.25, 0.3) is 0 Å². The van der Waals surface area contributed by atoms with Crippen molar-refractivity contribution >= 4 is 22.0 Å². The SMILES string of the molecule is COC(OC)c1cc(Br)cnc1OC[C@@H]1CCN(C(=O)OC(C)(C)C)C1. The molecule has 0 unspecified atom stereocenters. The Morgan fingerprint density at radius 1 is 1.38 bits per heavy atom. The Morgan fingerprint density at radius 3 is 2.69 bits per heavy atom. The number of pyridine rings is 1. The molecule has 1 amide bonds. The van der Waals surface area contributed by atoms with E-state index in [1.165, 1.54) is 0 Å². The number of carbonyl (C=O) groups excluding carboxylic acids is 1. The average molecular weight is 431 g/mol. The highest BCUT2D eigenvalue weighted by Crippen LogP contribution is 2.29.